The van der Waals surface area contributed by atoms with Gasteiger partial charge in [0.1, 0.15) is 18.1 Å². The zero-order chi connectivity index (χ0) is 19.2. The Morgan fingerprint density at radius 3 is 2.54 bits per heavy atom. The van der Waals surface area contributed by atoms with Gasteiger partial charge in [-0.05, 0) is 48.6 Å². The van der Waals surface area contributed by atoms with Gasteiger partial charge in [-0.15, -0.1) is 0 Å². The molecular weight excluding hydrogens is 326 g/mol. The molecule has 0 saturated carbocycles. The van der Waals surface area contributed by atoms with Gasteiger partial charge in [0, 0.05) is 0 Å². The van der Waals surface area contributed by atoms with Crippen LogP contribution in [-0.4, -0.2) is 25.2 Å². The van der Waals surface area contributed by atoms with Gasteiger partial charge in [-0.3, -0.25) is 4.79 Å². The van der Waals surface area contributed by atoms with Gasteiger partial charge in [0.05, 0.1) is 6.54 Å². The van der Waals surface area contributed by atoms with Crippen molar-refractivity contribution in [3.05, 3.63) is 59.7 Å². The second-order valence-corrected chi connectivity index (χ2v) is 7.46. The lowest BCUT2D eigenvalue weighted by Crippen LogP contribution is -2.38. The minimum absolute atomic E-state index is 0.00993. The molecule has 4 heteroatoms. The highest BCUT2D eigenvalue weighted by Crippen LogP contribution is 2.30. The first kappa shape index (κ1) is 19.8. The Bertz CT molecular complexity index is 734. The fourth-order valence-electron chi connectivity index (χ4n) is 2.64. The molecule has 0 unspecified atom stereocenters. The number of amides is 1. The predicted molar refractivity (Wildman–Crippen MR) is 105 cm³/mol. The highest BCUT2D eigenvalue weighted by molar-refractivity contribution is 5.80. The van der Waals surface area contributed by atoms with Crippen LogP contribution in [0, 0.1) is 6.92 Å². The first-order valence-corrected chi connectivity index (χ1v) is 9.01. The summed E-state index contributed by atoms with van der Waals surface area (Å²) in [5.74, 6) is 1.40. The van der Waals surface area contributed by atoms with E-state index in [2.05, 4.69) is 32.2 Å². The number of aryl methyl sites for hydroxylation is 1. The molecule has 0 fully saturated rings. The van der Waals surface area contributed by atoms with Crippen molar-refractivity contribution >= 4 is 5.91 Å². The van der Waals surface area contributed by atoms with Crippen molar-refractivity contribution < 1.29 is 14.3 Å². The van der Waals surface area contributed by atoms with Gasteiger partial charge in [0.15, 0.2) is 6.10 Å². The Morgan fingerprint density at radius 2 is 1.85 bits per heavy atom. The standard InChI is InChI=1S/C22H29NO3/c1-16-9-8-10-18(15-16)26-17(2)21(24)23-13-14-25-20-12-7-6-11-19(20)22(3,4)5/h6-12,15,17H,13-14H2,1-5H3,(H,23,24)/t17-/m0/s1. The normalized spacial score (nSPS) is 12.3. The molecule has 1 atom stereocenters. The largest absolute Gasteiger partial charge is 0.491 e. The van der Waals surface area contributed by atoms with Crippen LogP contribution in [0.5, 0.6) is 11.5 Å². The molecule has 2 aromatic rings. The summed E-state index contributed by atoms with van der Waals surface area (Å²) in [6.45, 7) is 11.0. The van der Waals surface area contributed by atoms with Crippen LogP contribution in [0.1, 0.15) is 38.8 Å². The third-order valence-corrected chi connectivity index (χ3v) is 4.03. The number of carbonyl (C=O) groups is 1. The summed E-state index contributed by atoms with van der Waals surface area (Å²) in [6.07, 6.45) is -0.557. The van der Waals surface area contributed by atoms with E-state index in [-0.39, 0.29) is 11.3 Å². The summed E-state index contributed by atoms with van der Waals surface area (Å²) < 4.78 is 11.6. The van der Waals surface area contributed by atoms with Gasteiger partial charge in [-0.2, -0.15) is 0 Å². The van der Waals surface area contributed by atoms with Crippen LogP contribution in [0.15, 0.2) is 48.5 Å². The Kier molecular flexibility index (Phi) is 6.67. The average molecular weight is 355 g/mol. The van der Waals surface area contributed by atoms with Crippen molar-refractivity contribution in [2.45, 2.75) is 46.1 Å². The molecule has 0 aromatic heterocycles. The second-order valence-electron chi connectivity index (χ2n) is 7.46. The number of nitrogens with one attached hydrogen (secondary N) is 1. The number of benzene rings is 2. The molecule has 1 N–H and O–H groups in total. The predicted octanol–water partition coefficient (Wildman–Crippen LogP) is 4.26. The van der Waals surface area contributed by atoms with Crippen molar-refractivity contribution in [2.75, 3.05) is 13.2 Å². The summed E-state index contributed by atoms with van der Waals surface area (Å²) in [4.78, 5) is 12.2. The summed E-state index contributed by atoms with van der Waals surface area (Å²) in [5, 5.41) is 2.86. The molecule has 1 amide bonds. The van der Waals surface area contributed by atoms with Crippen LogP contribution < -0.4 is 14.8 Å². The smallest absolute Gasteiger partial charge is 0.260 e. The minimum atomic E-state index is -0.557. The van der Waals surface area contributed by atoms with Gasteiger partial charge in [0.2, 0.25) is 0 Å². The zero-order valence-electron chi connectivity index (χ0n) is 16.3. The van der Waals surface area contributed by atoms with Crippen LogP contribution >= 0.6 is 0 Å². The topological polar surface area (TPSA) is 47.6 Å². The van der Waals surface area contributed by atoms with Gasteiger partial charge >= 0.3 is 0 Å². The number of ether oxygens (including phenoxy) is 2. The summed E-state index contributed by atoms with van der Waals surface area (Å²) >= 11 is 0. The summed E-state index contributed by atoms with van der Waals surface area (Å²) in [7, 11) is 0. The fourth-order valence-corrected chi connectivity index (χ4v) is 2.64. The molecular formula is C22H29NO3. The van der Waals surface area contributed by atoms with E-state index in [1.54, 1.807) is 6.92 Å². The second kappa shape index (κ2) is 8.75. The molecule has 0 radical (unpaired) electrons. The number of rotatable bonds is 7. The maximum Gasteiger partial charge on any atom is 0.260 e. The number of para-hydroxylation sites is 1. The molecule has 4 nitrogen and oxygen atoms in total. The molecule has 0 aliphatic carbocycles. The zero-order valence-corrected chi connectivity index (χ0v) is 16.3. The summed E-state index contributed by atoms with van der Waals surface area (Å²) in [6, 6.07) is 15.7. The van der Waals surface area contributed by atoms with Gasteiger partial charge in [-0.25, -0.2) is 0 Å². The lowest BCUT2D eigenvalue weighted by Gasteiger charge is -2.22. The molecule has 0 aliphatic rings. The van der Waals surface area contributed by atoms with Crippen LogP contribution in [0.3, 0.4) is 0 Å². The first-order valence-electron chi connectivity index (χ1n) is 9.01. The molecule has 0 spiro atoms. The van der Waals surface area contributed by atoms with Crippen LogP contribution in [-0.2, 0) is 10.2 Å². The SMILES string of the molecule is Cc1cccc(O[C@@H](C)C(=O)NCCOc2ccccc2C(C)(C)C)c1. The highest BCUT2D eigenvalue weighted by Gasteiger charge is 2.18. The first-order chi connectivity index (χ1) is 12.3. The van der Waals surface area contributed by atoms with Gasteiger partial charge in [-0.1, -0.05) is 51.1 Å². The maximum atomic E-state index is 12.2. The number of hydrogen-bond acceptors (Lipinski definition) is 3. The molecule has 0 saturated heterocycles. The Hall–Kier alpha value is -2.49. The van der Waals surface area contributed by atoms with Crippen molar-refractivity contribution in [1.29, 1.82) is 0 Å². The van der Waals surface area contributed by atoms with E-state index >= 15 is 0 Å². The van der Waals surface area contributed by atoms with Crippen LogP contribution in [0.25, 0.3) is 0 Å². The van der Waals surface area contributed by atoms with E-state index in [0.29, 0.717) is 18.9 Å². The fraction of sp³-hybridized carbons (Fsp3) is 0.409. The quantitative estimate of drug-likeness (QED) is 0.755. The third kappa shape index (κ3) is 5.80. The van der Waals surface area contributed by atoms with E-state index < -0.39 is 6.10 Å². The molecule has 0 heterocycles. The summed E-state index contributed by atoms with van der Waals surface area (Å²) in [5.41, 5.74) is 2.26. The Labute approximate surface area is 156 Å². The molecule has 2 rings (SSSR count). The van der Waals surface area contributed by atoms with Crippen molar-refractivity contribution in [3.63, 3.8) is 0 Å². The van der Waals surface area contributed by atoms with E-state index in [1.807, 2.05) is 49.4 Å². The van der Waals surface area contributed by atoms with E-state index in [9.17, 15) is 4.79 Å². The number of hydrogen-bond donors (Lipinski definition) is 1. The lowest BCUT2D eigenvalue weighted by molar-refractivity contribution is -0.127. The molecule has 0 aliphatic heterocycles. The molecule has 140 valence electrons. The van der Waals surface area contributed by atoms with E-state index in [1.165, 1.54) is 0 Å². The average Bonchev–Trinajstić information content (AvgIpc) is 2.58. The monoisotopic (exact) mass is 355 g/mol. The van der Waals surface area contributed by atoms with Crippen molar-refractivity contribution in [1.82, 2.24) is 5.32 Å². The maximum absolute atomic E-state index is 12.2. The van der Waals surface area contributed by atoms with Gasteiger partial charge in [0.25, 0.3) is 5.91 Å². The Morgan fingerprint density at radius 1 is 1.12 bits per heavy atom. The molecule has 2 aromatic carbocycles. The molecule has 0 bridgehead atoms. The van der Waals surface area contributed by atoms with Crippen LogP contribution in [0.2, 0.25) is 0 Å². The third-order valence-electron chi connectivity index (χ3n) is 4.03. The van der Waals surface area contributed by atoms with Crippen LogP contribution in [0.4, 0.5) is 0 Å². The van der Waals surface area contributed by atoms with Crippen molar-refractivity contribution in [2.24, 2.45) is 0 Å². The van der Waals surface area contributed by atoms with Crippen molar-refractivity contribution in [3.8, 4) is 11.5 Å². The lowest BCUT2D eigenvalue weighted by atomic mass is 9.86. The highest BCUT2D eigenvalue weighted by atomic mass is 16.5. The van der Waals surface area contributed by atoms with Gasteiger partial charge < -0.3 is 14.8 Å². The van der Waals surface area contributed by atoms with E-state index in [0.717, 1.165) is 16.9 Å². The molecule has 26 heavy (non-hydrogen) atoms. The Balaban J connectivity index is 1.80. The van der Waals surface area contributed by atoms with E-state index in [4.69, 9.17) is 9.47 Å². The minimum Gasteiger partial charge on any atom is -0.491 e. The number of carbonyl (C=O) groups excluding carboxylic acids is 1.